The first-order valence-electron chi connectivity index (χ1n) is 9.59. The van der Waals surface area contributed by atoms with E-state index in [0.29, 0.717) is 5.56 Å². The molecule has 0 aliphatic carbocycles. The molecule has 3 heterocycles. The van der Waals surface area contributed by atoms with Crippen LogP contribution < -0.4 is 0 Å². The maximum absolute atomic E-state index is 14.3. The first kappa shape index (κ1) is 22.5. The molecule has 0 aliphatic heterocycles. The van der Waals surface area contributed by atoms with E-state index in [4.69, 9.17) is 4.74 Å². The van der Waals surface area contributed by atoms with Crippen molar-refractivity contribution >= 4 is 22.6 Å². The Bertz CT molecular complexity index is 1350. The van der Waals surface area contributed by atoms with Gasteiger partial charge in [0.25, 0.3) is 0 Å². The van der Waals surface area contributed by atoms with Crippen LogP contribution in [0, 0.1) is 0 Å². The molecule has 33 heavy (non-hydrogen) atoms. The number of halogens is 5. The number of alkyl halides is 5. The molecule has 0 unspecified atom stereocenters. The van der Waals surface area contributed by atoms with Gasteiger partial charge in [-0.1, -0.05) is 24.3 Å². The van der Waals surface area contributed by atoms with Crippen molar-refractivity contribution in [3.63, 3.8) is 0 Å². The van der Waals surface area contributed by atoms with E-state index in [0.717, 1.165) is 10.6 Å². The number of rotatable bonds is 5. The van der Waals surface area contributed by atoms with Crippen LogP contribution in [0.3, 0.4) is 0 Å². The summed E-state index contributed by atoms with van der Waals surface area (Å²) in [6.07, 6.45) is -4.78. The van der Waals surface area contributed by atoms with E-state index in [1.165, 1.54) is 36.4 Å². The van der Waals surface area contributed by atoms with E-state index < -0.39 is 23.9 Å². The minimum Gasteiger partial charge on any atom is -0.461 e. The molecule has 0 radical (unpaired) electrons. The minimum absolute atomic E-state index is 0.0611. The molecule has 0 saturated heterocycles. The predicted octanol–water partition coefficient (Wildman–Crippen LogP) is 4.27. The van der Waals surface area contributed by atoms with Crippen molar-refractivity contribution in [3.8, 4) is 11.3 Å². The van der Waals surface area contributed by atoms with Crippen molar-refractivity contribution in [1.82, 2.24) is 19.4 Å². The maximum atomic E-state index is 14.3. The van der Waals surface area contributed by atoms with Gasteiger partial charge in [-0.05, 0) is 24.6 Å². The lowest BCUT2D eigenvalue weighted by atomic mass is 10.1. The number of hydrogen-bond acceptors (Lipinski definition) is 6. The zero-order valence-corrected chi connectivity index (χ0v) is 16.9. The van der Waals surface area contributed by atoms with Crippen LogP contribution in [-0.4, -0.2) is 43.2 Å². The number of aliphatic hydroxyl groups is 1. The van der Waals surface area contributed by atoms with Gasteiger partial charge in [0.05, 0.1) is 18.9 Å². The van der Waals surface area contributed by atoms with Crippen LogP contribution in [0.2, 0.25) is 0 Å². The average Bonchev–Trinajstić information content (AvgIpc) is 3.23. The maximum Gasteiger partial charge on any atom is 0.461 e. The Balaban J connectivity index is 2.04. The van der Waals surface area contributed by atoms with Gasteiger partial charge in [0.1, 0.15) is 11.3 Å². The van der Waals surface area contributed by atoms with Gasteiger partial charge in [-0.3, -0.25) is 4.40 Å². The molecule has 3 aromatic heterocycles. The summed E-state index contributed by atoms with van der Waals surface area (Å²) in [5, 5.41) is 9.36. The highest BCUT2D eigenvalue weighted by atomic mass is 19.4. The second kappa shape index (κ2) is 8.03. The van der Waals surface area contributed by atoms with E-state index in [2.05, 4.69) is 15.0 Å². The molecule has 4 aromatic rings. The molecule has 0 saturated carbocycles. The second-order valence-electron chi connectivity index (χ2n) is 6.97. The molecular weight excluding hydrogens is 451 g/mol. The van der Waals surface area contributed by atoms with Crippen LogP contribution in [0.5, 0.6) is 0 Å². The van der Waals surface area contributed by atoms with Crippen LogP contribution in [0.15, 0.2) is 42.6 Å². The number of carbonyl (C=O) groups is 1. The van der Waals surface area contributed by atoms with Crippen molar-refractivity contribution in [3.05, 3.63) is 59.7 Å². The van der Waals surface area contributed by atoms with Crippen molar-refractivity contribution in [2.45, 2.75) is 25.6 Å². The molecule has 0 bridgehead atoms. The van der Waals surface area contributed by atoms with Gasteiger partial charge in [0.15, 0.2) is 5.69 Å². The van der Waals surface area contributed by atoms with Gasteiger partial charge in [0.2, 0.25) is 5.82 Å². The van der Waals surface area contributed by atoms with E-state index in [1.807, 2.05) is 0 Å². The molecule has 0 spiro atoms. The third kappa shape index (κ3) is 3.86. The molecule has 4 rings (SSSR count). The SMILES string of the molecule is CCOC(=O)c1cn2c(ccc3c(-c4ccc(CO)cc4)nc(C(F)(F)C(F)(F)F)nc32)n1. The fourth-order valence-electron chi connectivity index (χ4n) is 3.19. The summed E-state index contributed by atoms with van der Waals surface area (Å²) in [4.78, 5) is 23.2. The van der Waals surface area contributed by atoms with Crippen molar-refractivity contribution in [1.29, 1.82) is 0 Å². The van der Waals surface area contributed by atoms with Crippen molar-refractivity contribution < 1.29 is 36.6 Å². The Hall–Kier alpha value is -3.67. The highest BCUT2D eigenvalue weighted by Gasteiger charge is 2.61. The number of pyridine rings is 1. The normalized spacial score (nSPS) is 12.5. The van der Waals surface area contributed by atoms with Crippen molar-refractivity contribution in [2.75, 3.05) is 6.61 Å². The fourth-order valence-corrected chi connectivity index (χ4v) is 3.19. The average molecular weight is 466 g/mol. The van der Waals surface area contributed by atoms with E-state index >= 15 is 0 Å². The number of aromatic nitrogens is 4. The molecule has 0 aliphatic rings. The summed E-state index contributed by atoms with van der Waals surface area (Å²) in [7, 11) is 0. The molecule has 0 amide bonds. The smallest absolute Gasteiger partial charge is 0.461 e. The number of benzene rings is 1. The van der Waals surface area contributed by atoms with Crippen LogP contribution >= 0.6 is 0 Å². The number of aliphatic hydroxyl groups excluding tert-OH is 1. The summed E-state index contributed by atoms with van der Waals surface area (Å²) in [6.45, 7) is 1.36. The number of esters is 1. The van der Waals surface area contributed by atoms with Crippen LogP contribution in [0.25, 0.3) is 27.9 Å². The number of imidazole rings is 1. The Labute approximate surface area is 182 Å². The summed E-state index contributed by atoms with van der Waals surface area (Å²) in [5.74, 6) is -7.88. The summed E-state index contributed by atoms with van der Waals surface area (Å²) >= 11 is 0. The van der Waals surface area contributed by atoms with E-state index in [-0.39, 0.29) is 46.8 Å². The van der Waals surface area contributed by atoms with Crippen molar-refractivity contribution in [2.24, 2.45) is 0 Å². The lowest BCUT2D eigenvalue weighted by Crippen LogP contribution is -2.35. The standard InChI is InChI=1S/C21H15F5N4O3/c1-2-33-18(32)14-9-30-15(27-14)8-7-13-16(12-5-3-11(10-31)4-6-12)28-19(29-17(13)30)20(22,23)21(24,25)26/h3-9,31H,2,10H2,1H3. The quantitative estimate of drug-likeness (QED) is 0.349. The molecule has 0 fully saturated rings. The topological polar surface area (TPSA) is 89.6 Å². The number of fused-ring (bicyclic) bond motifs is 3. The Kier molecular flexibility index (Phi) is 5.48. The largest absolute Gasteiger partial charge is 0.461 e. The zero-order valence-electron chi connectivity index (χ0n) is 16.9. The third-order valence-corrected chi connectivity index (χ3v) is 4.82. The predicted molar refractivity (Wildman–Crippen MR) is 106 cm³/mol. The zero-order chi connectivity index (χ0) is 24.0. The lowest BCUT2D eigenvalue weighted by Gasteiger charge is -2.19. The van der Waals surface area contributed by atoms with E-state index in [9.17, 15) is 31.9 Å². The molecule has 7 nitrogen and oxygen atoms in total. The van der Waals surface area contributed by atoms with E-state index in [1.54, 1.807) is 6.92 Å². The molecule has 172 valence electrons. The van der Waals surface area contributed by atoms with Gasteiger partial charge in [0, 0.05) is 17.1 Å². The highest BCUT2D eigenvalue weighted by molar-refractivity contribution is 5.93. The summed E-state index contributed by atoms with van der Waals surface area (Å²) < 4.78 is 73.9. The second-order valence-corrected chi connectivity index (χ2v) is 6.97. The Morgan fingerprint density at radius 1 is 1.03 bits per heavy atom. The number of carbonyl (C=O) groups excluding carboxylic acids is 1. The molecule has 1 aromatic carbocycles. The monoisotopic (exact) mass is 466 g/mol. The van der Waals surface area contributed by atoms with Gasteiger partial charge in [-0.15, -0.1) is 0 Å². The Morgan fingerprint density at radius 3 is 2.33 bits per heavy atom. The van der Waals surface area contributed by atoms with Gasteiger partial charge < -0.3 is 9.84 Å². The van der Waals surface area contributed by atoms with Crippen LogP contribution in [0.4, 0.5) is 22.0 Å². The van der Waals surface area contributed by atoms with Crippen LogP contribution in [-0.2, 0) is 17.3 Å². The first-order valence-corrected chi connectivity index (χ1v) is 9.59. The first-order chi connectivity index (χ1) is 15.6. The lowest BCUT2D eigenvalue weighted by molar-refractivity contribution is -0.292. The van der Waals surface area contributed by atoms with Gasteiger partial charge in [-0.25, -0.2) is 19.7 Å². The summed E-state index contributed by atoms with van der Waals surface area (Å²) in [5.41, 5.74) is 0.174. The molecular formula is C21H15F5N4O3. The fraction of sp³-hybridized carbons (Fsp3) is 0.238. The van der Waals surface area contributed by atoms with Crippen LogP contribution in [0.1, 0.15) is 28.8 Å². The Morgan fingerprint density at radius 2 is 1.73 bits per heavy atom. The van der Waals surface area contributed by atoms with Gasteiger partial charge in [-0.2, -0.15) is 22.0 Å². The number of ether oxygens (including phenoxy) is 1. The van der Waals surface area contributed by atoms with Gasteiger partial charge >= 0.3 is 18.1 Å². The number of nitrogens with zero attached hydrogens (tertiary/aromatic N) is 4. The number of hydrogen-bond donors (Lipinski definition) is 1. The highest BCUT2D eigenvalue weighted by Crippen LogP contribution is 2.43. The molecule has 0 atom stereocenters. The minimum atomic E-state index is -5.93. The molecule has 12 heteroatoms. The third-order valence-electron chi connectivity index (χ3n) is 4.82. The molecule has 1 N–H and O–H groups in total. The summed E-state index contributed by atoms with van der Waals surface area (Å²) in [6, 6.07) is 8.70.